The number of rotatable bonds is 0. The number of hydrogen-bond acceptors (Lipinski definition) is 0. The van der Waals surface area contributed by atoms with Crippen LogP contribution >= 0.6 is 0 Å². The first-order valence-electron chi connectivity index (χ1n) is 26.8. The van der Waals surface area contributed by atoms with Gasteiger partial charge in [-0.3, -0.25) is 0 Å². The molecule has 0 aromatic heterocycles. The predicted molar refractivity (Wildman–Crippen MR) is 336 cm³/mol. The Kier molecular flexibility index (Phi) is 12.5. The van der Waals surface area contributed by atoms with Crippen LogP contribution in [0, 0.1) is 55.4 Å². The molecule has 0 aliphatic carbocycles. The average molecular weight is 975 g/mol. The van der Waals surface area contributed by atoms with Crippen molar-refractivity contribution in [1.82, 2.24) is 0 Å². The molecule has 15 rings (SSSR count). The monoisotopic (exact) mass is 974 g/mol. The summed E-state index contributed by atoms with van der Waals surface area (Å²) in [5.74, 6) is 0. The van der Waals surface area contributed by atoms with Gasteiger partial charge in [0.1, 0.15) is 0 Å². The fraction of sp³-hybridized carbons (Fsp3) is 0.105. The third-order valence-electron chi connectivity index (χ3n) is 15.8. The van der Waals surface area contributed by atoms with Gasteiger partial charge in [0.15, 0.2) is 0 Å². The molecular weight excluding hydrogens is 913 g/mol. The van der Waals surface area contributed by atoms with E-state index in [1.807, 2.05) is 0 Å². The minimum absolute atomic E-state index is 1.31. The Bertz CT molecular complexity index is 4490. The van der Waals surface area contributed by atoms with Gasteiger partial charge in [-0.2, -0.15) is 0 Å². The largest absolute Gasteiger partial charge is 0.0616 e. The SMILES string of the molecule is Cc1ccc2c(c1)c1ccccc1c1ccc(C)cc12.Cc1ccc2c3ccc(C)cc3c3ccccc3c2c1.Cc1ccc2c3ccccc3c3ccc(C)cc3c2c1.Cc1cccc2cc3c(C)cccc3cc12. The van der Waals surface area contributed by atoms with Gasteiger partial charge >= 0.3 is 0 Å². The van der Waals surface area contributed by atoms with Crippen molar-refractivity contribution in [2.75, 3.05) is 0 Å². The second-order valence-electron chi connectivity index (χ2n) is 21.4. The highest BCUT2D eigenvalue weighted by atomic mass is 14.2. The lowest BCUT2D eigenvalue weighted by molar-refractivity contribution is 1.50. The fourth-order valence-corrected chi connectivity index (χ4v) is 11.9. The Morgan fingerprint density at radius 2 is 0.342 bits per heavy atom. The smallest absolute Gasteiger partial charge is 0.00962 e. The van der Waals surface area contributed by atoms with E-state index in [1.165, 1.54) is 163 Å². The first-order valence-corrected chi connectivity index (χ1v) is 26.8. The van der Waals surface area contributed by atoms with E-state index in [4.69, 9.17) is 0 Å². The number of fused-ring (bicyclic) bond motifs is 20. The molecule has 0 saturated carbocycles. The molecule has 0 saturated heterocycles. The molecule has 0 fully saturated rings. The van der Waals surface area contributed by atoms with Gasteiger partial charge in [-0.25, -0.2) is 0 Å². The Balaban J connectivity index is 0.000000103. The molecule has 76 heavy (non-hydrogen) atoms. The first kappa shape index (κ1) is 48.1. The molecule has 0 N–H and O–H groups in total. The highest BCUT2D eigenvalue weighted by Crippen LogP contribution is 2.39. The quantitative estimate of drug-likeness (QED) is 0.105. The molecule has 0 amide bonds. The molecule has 0 heteroatoms. The highest BCUT2D eigenvalue weighted by Gasteiger charge is 2.12. The van der Waals surface area contributed by atoms with Crippen LogP contribution in [0.5, 0.6) is 0 Å². The van der Waals surface area contributed by atoms with Crippen LogP contribution in [0.1, 0.15) is 44.5 Å². The third-order valence-corrected chi connectivity index (χ3v) is 15.8. The van der Waals surface area contributed by atoms with Crippen molar-refractivity contribution < 1.29 is 0 Å². The highest BCUT2D eigenvalue weighted by molar-refractivity contribution is 6.27. The molecule has 15 aromatic carbocycles. The lowest BCUT2D eigenvalue weighted by Gasteiger charge is -2.11. The number of hydrogen-bond donors (Lipinski definition) is 0. The summed E-state index contributed by atoms with van der Waals surface area (Å²) in [6.45, 7) is 17.3. The van der Waals surface area contributed by atoms with Crippen molar-refractivity contribution in [2.24, 2.45) is 0 Å². The summed E-state index contributed by atoms with van der Waals surface area (Å²) in [7, 11) is 0. The van der Waals surface area contributed by atoms with Gasteiger partial charge in [-0.15, -0.1) is 0 Å². The Morgan fingerprint density at radius 3 is 0.592 bits per heavy atom. The van der Waals surface area contributed by atoms with Crippen molar-refractivity contribution in [2.45, 2.75) is 55.4 Å². The Morgan fingerprint density at radius 1 is 0.145 bits per heavy atom. The normalized spacial score (nSPS) is 11.4. The van der Waals surface area contributed by atoms with E-state index in [0.717, 1.165) is 0 Å². The van der Waals surface area contributed by atoms with Crippen LogP contribution in [0.25, 0.3) is 118 Å². The third kappa shape index (κ3) is 8.84. The van der Waals surface area contributed by atoms with Crippen LogP contribution in [-0.2, 0) is 0 Å². The lowest BCUT2D eigenvalue weighted by Crippen LogP contribution is -1.85. The van der Waals surface area contributed by atoms with Crippen LogP contribution in [0.3, 0.4) is 0 Å². The molecule has 0 bridgehead atoms. The zero-order valence-corrected chi connectivity index (χ0v) is 44.9. The summed E-state index contributed by atoms with van der Waals surface area (Å²) in [5, 5.41) is 29.8. The van der Waals surface area contributed by atoms with Crippen LogP contribution in [0.15, 0.2) is 231 Å². The summed E-state index contributed by atoms with van der Waals surface area (Å²) in [6, 6.07) is 84.3. The maximum absolute atomic E-state index is 2.31. The summed E-state index contributed by atoms with van der Waals surface area (Å²) in [4.78, 5) is 0. The van der Waals surface area contributed by atoms with Crippen molar-refractivity contribution in [3.63, 3.8) is 0 Å². The first-order chi connectivity index (χ1) is 37.0. The lowest BCUT2D eigenvalue weighted by atomic mass is 9.92. The molecule has 0 atom stereocenters. The van der Waals surface area contributed by atoms with E-state index in [9.17, 15) is 0 Å². The van der Waals surface area contributed by atoms with Gasteiger partial charge in [0, 0.05) is 0 Å². The van der Waals surface area contributed by atoms with Crippen molar-refractivity contribution >= 4 is 118 Å². The molecule has 0 nitrogen and oxygen atoms in total. The van der Waals surface area contributed by atoms with E-state index < -0.39 is 0 Å². The maximum Gasteiger partial charge on any atom is -0.00962 e. The molecular formula is C76H62. The van der Waals surface area contributed by atoms with Gasteiger partial charge in [0.05, 0.1) is 0 Å². The zero-order chi connectivity index (χ0) is 52.2. The van der Waals surface area contributed by atoms with E-state index in [-0.39, 0.29) is 0 Å². The van der Waals surface area contributed by atoms with Crippen molar-refractivity contribution in [1.29, 1.82) is 0 Å². The molecule has 0 radical (unpaired) electrons. The zero-order valence-electron chi connectivity index (χ0n) is 44.9. The summed E-state index contributed by atoms with van der Waals surface area (Å²) < 4.78 is 0. The van der Waals surface area contributed by atoms with Crippen LogP contribution in [-0.4, -0.2) is 0 Å². The molecule has 0 unspecified atom stereocenters. The molecule has 0 aliphatic heterocycles. The van der Waals surface area contributed by atoms with Gasteiger partial charge in [0.2, 0.25) is 0 Å². The molecule has 15 aromatic rings. The van der Waals surface area contributed by atoms with E-state index in [2.05, 4.69) is 286 Å². The van der Waals surface area contributed by atoms with Gasteiger partial charge in [0.25, 0.3) is 0 Å². The second kappa shape index (κ2) is 19.8. The fourth-order valence-electron chi connectivity index (χ4n) is 11.9. The minimum atomic E-state index is 1.31. The van der Waals surface area contributed by atoms with Crippen LogP contribution < -0.4 is 0 Å². The Hall–Kier alpha value is -8.84. The number of aryl methyl sites for hydroxylation is 8. The van der Waals surface area contributed by atoms with Gasteiger partial charge in [-0.05, 0) is 197 Å². The van der Waals surface area contributed by atoms with Gasteiger partial charge < -0.3 is 0 Å². The summed E-state index contributed by atoms with van der Waals surface area (Å²) in [5.41, 5.74) is 10.6. The molecule has 0 spiro atoms. The maximum atomic E-state index is 2.31. The van der Waals surface area contributed by atoms with Crippen molar-refractivity contribution in [3.8, 4) is 0 Å². The Labute approximate surface area is 446 Å². The van der Waals surface area contributed by atoms with E-state index in [0.29, 0.717) is 0 Å². The van der Waals surface area contributed by atoms with Gasteiger partial charge in [-0.1, -0.05) is 252 Å². The molecule has 0 aliphatic rings. The van der Waals surface area contributed by atoms with E-state index >= 15 is 0 Å². The molecule has 0 heterocycles. The summed E-state index contributed by atoms with van der Waals surface area (Å²) in [6.07, 6.45) is 0. The summed E-state index contributed by atoms with van der Waals surface area (Å²) >= 11 is 0. The van der Waals surface area contributed by atoms with E-state index in [1.54, 1.807) is 0 Å². The standard InChI is InChI=1S/3C20H16.C16H14/c1-13-7-9-17-15-5-3-4-6-16(15)19-11-14(2)8-10-18(19)20(17)12-13;1-13-7-9-17-18-10-8-14(2)12-20(18)16-6-4-3-5-15(16)19(17)11-13;1-13-7-9-17-15-5-3-4-6-16(15)18-10-8-14(2)12-20(18)19(17)11-13;1-11-5-3-7-13-10-16-12(2)6-4-8-14(16)9-15(11)13/h3*3-12H,1-2H3;3-10H,1-2H3. The second-order valence-corrected chi connectivity index (χ2v) is 21.4. The topological polar surface area (TPSA) is 0 Å². The van der Waals surface area contributed by atoms with Crippen LogP contribution in [0.4, 0.5) is 0 Å². The number of benzene rings is 15. The average Bonchev–Trinajstić information content (AvgIpc) is 3.54. The minimum Gasteiger partial charge on any atom is -0.0616 e. The predicted octanol–water partition coefficient (Wildman–Crippen LogP) is 21.9. The molecule has 366 valence electrons. The van der Waals surface area contributed by atoms with Crippen LogP contribution in [0.2, 0.25) is 0 Å². The van der Waals surface area contributed by atoms with Crippen molar-refractivity contribution in [3.05, 3.63) is 275 Å².